The van der Waals surface area contributed by atoms with Crippen LogP contribution in [0.4, 0.5) is 0 Å². The fourth-order valence-corrected chi connectivity index (χ4v) is 3.59. The van der Waals surface area contributed by atoms with Crippen LogP contribution in [0.5, 0.6) is 0 Å². The van der Waals surface area contributed by atoms with Crippen molar-refractivity contribution in [2.45, 2.75) is 32.2 Å². The van der Waals surface area contributed by atoms with E-state index >= 15 is 0 Å². The van der Waals surface area contributed by atoms with E-state index in [1.807, 2.05) is 0 Å². The molecule has 0 amide bonds. The summed E-state index contributed by atoms with van der Waals surface area (Å²) in [6, 6.07) is 9.27. The maximum absolute atomic E-state index is 11.2. The van der Waals surface area contributed by atoms with Crippen molar-refractivity contribution in [3.05, 3.63) is 35.4 Å². The van der Waals surface area contributed by atoms with Gasteiger partial charge in [-0.25, -0.2) is 0 Å². The van der Waals surface area contributed by atoms with Gasteiger partial charge in [-0.2, -0.15) is 0 Å². The van der Waals surface area contributed by atoms with Gasteiger partial charge in [-0.15, -0.1) is 0 Å². The van der Waals surface area contributed by atoms with Gasteiger partial charge in [0.2, 0.25) is 0 Å². The van der Waals surface area contributed by atoms with E-state index in [1.165, 1.54) is 11.1 Å². The number of aryl methyl sites for hydroxylation is 1. The van der Waals surface area contributed by atoms with Crippen LogP contribution in [-0.2, 0) is 17.2 Å². The zero-order valence-electron chi connectivity index (χ0n) is 10.4. The highest BCUT2D eigenvalue weighted by Gasteiger charge is 2.16. The second-order valence-electron chi connectivity index (χ2n) is 4.82. The predicted octanol–water partition coefficient (Wildman–Crippen LogP) is 2.04. The van der Waals surface area contributed by atoms with Crippen molar-refractivity contribution in [2.75, 3.05) is 18.1 Å². The lowest BCUT2D eigenvalue weighted by Crippen LogP contribution is -2.36. The Morgan fingerprint density at radius 2 is 2.12 bits per heavy atom. The van der Waals surface area contributed by atoms with E-state index < -0.39 is 10.8 Å². The highest BCUT2D eigenvalue weighted by Crippen LogP contribution is 2.09. The van der Waals surface area contributed by atoms with Gasteiger partial charge in [-0.1, -0.05) is 29.8 Å². The molecule has 0 bridgehead atoms. The van der Waals surface area contributed by atoms with Crippen molar-refractivity contribution < 1.29 is 4.21 Å². The summed E-state index contributed by atoms with van der Waals surface area (Å²) in [6.45, 7) is 3.16. The predicted molar refractivity (Wildman–Crippen MR) is 73.8 cm³/mol. The molecule has 0 spiro atoms. The summed E-state index contributed by atoms with van der Waals surface area (Å²) in [4.78, 5) is 0. The van der Waals surface area contributed by atoms with Crippen molar-refractivity contribution in [3.8, 4) is 0 Å². The standard InChI is InChI=1S/C14H21NOS/c1-12-3-2-4-13(11-12)5-8-15-14-6-9-17(16)10-7-14/h2-4,11,14-15H,5-10H2,1H3. The Morgan fingerprint density at radius 1 is 1.35 bits per heavy atom. The summed E-state index contributed by atoms with van der Waals surface area (Å²) < 4.78 is 11.2. The quantitative estimate of drug-likeness (QED) is 0.887. The molecule has 17 heavy (non-hydrogen) atoms. The Bertz CT molecular complexity index is 382. The lowest BCUT2D eigenvalue weighted by atomic mass is 10.1. The first kappa shape index (κ1) is 12.8. The van der Waals surface area contributed by atoms with Gasteiger partial charge in [0.05, 0.1) is 0 Å². The van der Waals surface area contributed by atoms with Gasteiger partial charge < -0.3 is 5.32 Å². The van der Waals surface area contributed by atoms with Crippen LogP contribution in [0.1, 0.15) is 24.0 Å². The van der Waals surface area contributed by atoms with Crippen LogP contribution in [0, 0.1) is 6.92 Å². The molecule has 0 unspecified atom stereocenters. The maximum Gasteiger partial charge on any atom is 0.0249 e. The SMILES string of the molecule is Cc1cccc(CCNC2CCS(=O)CC2)c1. The highest BCUT2D eigenvalue weighted by atomic mass is 32.2. The lowest BCUT2D eigenvalue weighted by molar-refractivity contribution is 0.479. The van der Waals surface area contributed by atoms with Gasteiger partial charge >= 0.3 is 0 Å². The molecule has 1 aromatic carbocycles. The van der Waals surface area contributed by atoms with Crippen LogP contribution in [0.15, 0.2) is 24.3 Å². The number of hydrogen-bond acceptors (Lipinski definition) is 2. The van der Waals surface area contributed by atoms with Crippen LogP contribution in [0.2, 0.25) is 0 Å². The van der Waals surface area contributed by atoms with Crippen molar-refractivity contribution in [1.29, 1.82) is 0 Å². The molecule has 0 aliphatic carbocycles. The molecule has 1 aliphatic heterocycles. The number of benzene rings is 1. The molecule has 1 fully saturated rings. The van der Waals surface area contributed by atoms with Gasteiger partial charge in [-0.3, -0.25) is 4.21 Å². The monoisotopic (exact) mass is 251 g/mol. The molecule has 1 aliphatic rings. The molecule has 0 atom stereocenters. The Balaban J connectivity index is 1.71. The third-order valence-electron chi connectivity index (χ3n) is 3.32. The Morgan fingerprint density at radius 3 is 2.82 bits per heavy atom. The van der Waals surface area contributed by atoms with E-state index in [1.54, 1.807) is 0 Å². The summed E-state index contributed by atoms with van der Waals surface area (Å²) in [5.74, 6) is 1.75. The molecule has 1 heterocycles. The first-order chi connectivity index (χ1) is 8.24. The van der Waals surface area contributed by atoms with E-state index in [-0.39, 0.29) is 0 Å². The second kappa shape index (κ2) is 6.31. The van der Waals surface area contributed by atoms with E-state index in [4.69, 9.17) is 0 Å². The number of rotatable bonds is 4. The second-order valence-corrected chi connectivity index (χ2v) is 6.51. The third-order valence-corrected chi connectivity index (χ3v) is 4.70. The zero-order valence-corrected chi connectivity index (χ0v) is 11.3. The first-order valence-corrected chi connectivity index (χ1v) is 7.87. The van der Waals surface area contributed by atoms with E-state index in [9.17, 15) is 4.21 Å². The average Bonchev–Trinajstić information content (AvgIpc) is 2.32. The average molecular weight is 251 g/mol. The highest BCUT2D eigenvalue weighted by molar-refractivity contribution is 7.85. The van der Waals surface area contributed by atoms with Crippen LogP contribution in [-0.4, -0.2) is 28.3 Å². The van der Waals surface area contributed by atoms with Gasteiger partial charge in [-0.05, 0) is 38.3 Å². The number of nitrogens with one attached hydrogen (secondary N) is 1. The molecule has 94 valence electrons. The molecular formula is C14H21NOS. The first-order valence-electron chi connectivity index (χ1n) is 6.38. The van der Waals surface area contributed by atoms with Crippen LogP contribution in [0.3, 0.4) is 0 Å². The van der Waals surface area contributed by atoms with E-state index in [0.717, 1.165) is 37.3 Å². The van der Waals surface area contributed by atoms with Crippen molar-refractivity contribution in [1.82, 2.24) is 5.32 Å². The van der Waals surface area contributed by atoms with Gasteiger partial charge in [0, 0.05) is 28.3 Å². The molecule has 2 nitrogen and oxygen atoms in total. The molecule has 3 heteroatoms. The smallest absolute Gasteiger partial charge is 0.0249 e. The molecular weight excluding hydrogens is 230 g/mol. The van der Waals surface area contributed by atoms with Crippen molar-refractivity contribution in [3.63, 3.8) is 0 Å². The summed E-state index contributed by atoms with van der Waals surface area (Å²) >= 11 is 0. The van der Waals surface area contributed by atoms with E-state index in [2.05, 4.69) is 36.5 Å². The fraction of sp³-hybridized carbons (Fsp3) is 0.571. The summed E-state index contributed by atoms with van der Waals surface area (Å²) in [7, 11) is -0.546. The molecule has 0 saturated carbocycles. The van der Waals surface area contributed by atoms with Gasteiger partial charge in [0.1, 0.15) is 0 Å². The van der Waals surface area contributed by atoms with E-state index in [0.29, 0.717) is 6.04 Å². The largest absolute Gasteiger partial charge is 0.314 e. The molecule has 0 aromatic heterocycles. The minimum atomic E-state index is -0.546. The van der Waals surface area contributed by atoms with Gasteiger partial charge in [0.25, 0.3) is 0 Å². The van der Waals surface area contributed by atoms with Gasteiger partial charge in [0.15, 0.2) is 0 Å². The normalized spacial score (nSPS) is 24.8. The van der Waals surface area contributed by atoms with Crippen molar-refractivity contribution >= 4 is 10.8 Å². The third kappa shape index (κ3) is 4.25. The Hall–Kier alpha value is -0.670. The molecule has 2 rings (SSSR count). The maximum atomic E-state index is 11.2. The minimum Gasteiger partial charge on any atom is -0.314 e. The van der Waals surface area contributed by atoms with Crippen molar-refractivity contribution in [2.24, 2.45) is 0 Å². The molecule has 1 N–H and O–H groups in total. The minimum absolute atomic E-state index is 0.546. The topological polar surface area (TPSA) is 29.1 Å². The Kier molecular flexibility index (Phi) is 4.75. The molecule has 1 saturated heterocycles. The summed E-state index contributed by atoms with van der Waals surface area (Å²) in [5.41, 5.74) is 2.73. The number of hydrogen-bond donors (Lipinski definition) is 1. The van der Waals surface area contributed by atoms with Crippen LogP contribution >= 0.6 is 0 Å². The van der Waals surface area contributed by atoms with Crippen LogP contribution < -0.4 is 5.32 Å². The summed E-state index contributed by atoms with van der Waals surface area (Å²) in [6.07, 6.45) is 3.22. The fourth-order valence-electron chi connectivity index (χ4n) is 2.29. The Labute approximate surface area is 106 Å². The summed E-state index contributed by atoms with van der Waals surface area (Å²) in [5, 5.41) is 3.58. The van der Waals surface area contributed by atoms with Crippen LogP contribution in [0.25, 0.3) is 0 Å². The lowest BCUT2D eigenvalue weighted by Gasteiger charge is -2.22. The molecule has 1 aromatic rings. The molecule has 0 radical (unpaired) electrons. The zero-order chi connectivity index (χ0) is 12.1.